The maximum Gasteiger partial charge on any atom is 0.162 e. The van der Waals surface area contributed by atoms with Crippen LogP contribution in [0.3, 0.4) is 0 Å². The largest absolute Gasteiger partial charge is 0.486 e. The lowest BCUT2D eigenvalue weighted by atomic mass is 10.1. The summed E-state index contributed by atoms with van der Waals surface area (Å²) in [4.78, 5) is 5.10. The average molecular weight is 356 g/mol. The van der Waals surface area contributed by atoms with Crippen LogP contribution in [-0.4, -0.2) is 65.4 Å². The van der Waals surface area contributed by atoms with Crippen LogP contribution in [0.1, 0.15) is 25.8 Å². The Balaban J connectivity index is 1.48. The van der Waals surface area contributed by atoms with Crippen molar-refractivity contribution in [1.29, 1.82) is 0 Å². The van der Waals surface area contributed by atoms with Gasteiger partial charge in [0.15, 0.2) is 11.5 Å². The SMILES string of the molecule is CCN(CC)C1CCN(Cc2cn[nH]c2-c2ccc3c(c2)OCCO3)C1. The van der Waals surface area contributed by atoms with Gasteiger partial charge in [0.1, 0.15) is 13.2 Å². The minimum Gasteiger partial charge on any atom is -0.486 e. The molecule has 0 aliphatic carbocycles. The van der Waals surface area contributed by atoms with Crippen LogP contribution in [0.5, 0.6) is 11.5 Å². The first-order valence-electron chi connectivity index (χ1n) is 9.67. The molecule has 6 heteroatoms. The number of aromatic amines is 1. The third kappa shape index (κ3) is 3.44. The van der Waals surface area contributed by atoms with Gasteiger partial charge in [0.05, 0.1) is 11.9 Å². The number of likely N-dealkylation sites (tertiary alicyclic amines) is 1. The van der Waals surface area contributed by atoms with Gasteiger partial charge in [-0.05, 0) is 37.7 Å². The standard InChI is InChI=1S/C20H28N4O2/c1-3-24(4-2)17-7-8-23(14-17)13-16-12-21-22-20(16)15-5-6-18-19(11-15)26-10-9-25-18/h5-6,11-12,17H,3-4,7-10,13-14H2,1-2H3,(H,21,22). The number of nitrogens with one attached hydrogen (secondary N) is 1. The van der Waals surface area contributed by atoms with E-state index < -0.39 is 0 Å². The van der Waals surface area contributed by atoms with Gasteiger partial charge in [-0.15, -0.1) is 0 Å². The topological polar surface area (TPSA) is 53.6 Å². The molecule has 1 aromatic heterocycles. The van der Waals surface area contributed by atoms with Crippen molar-refractivity contribution in [3.63, 3.8) is 0 Å². The van der Waals surface area contributed by atoms with Crippen LogP contribution >= 0.6 is 0 Å². The summed E-state index contributed by atoms with van der Waals surface area (Å²) in [6.45, 7) is 11.2. The Bertz CT molecular complexity index is 741. The number of H-pyrrole nitrogens is 1. The molecule has 2 aromatic rings. The van der Waals surface area contributed by atoms with E-state index in [1.807, 2.05) is 18.3 Å². The summed E-state index contributed by atoms with van der Waals surface area (Å²) in [5, 5.41) is 7.48. The van der Waals surface area contributed by atoms with Crippen molar-refractivity contribution in [1.82, 2.24) is 20.0 Å². The minimum absolute atomic E-state index is 0.604. The fourth-order valence-corrected chi connectivity index (χ4v) is 4.11. The Morgan fingerprint density at radius 2 is 2.00 bits per heavy atom. The maximum atomic E-state index is 5.73. The predicted octanol–water partition coefficient (Wildman–Crippen LogP) is 2.76. The second kappa shape index (κ2) is 7.68. The van der Waals surface area contributed by atoms with Crippen LogP contribution in [0, 0.1) is 0 Å². The Hall–Kier alpha value is -2.05. The molecule has 4 rings (SSSR count). The molecule has 1 fully saturated rings. The van der Waals surface area contributed by atoms with E-state index in [2.05, 4.69) is 39.9 Å². The van der Waals surface area contributed by atoms with Crippen molar-refractivity contribution in [3.8, 4) is 22.8 Å². The molecule has 1 unspecified atom stereocenters. The summed E-state index contributed by atoms with van der Waals surface area (Å²) in [6, 6.07) is 6.79. The second-order valence-electron chi connectivity index (χ2n) is 7.03. The highest BCUT2D eigenvalue weighted by Gasteiger charge is 2.27. The number of rotatable bonds is 6. The van der Waals surface area contributed by atoms with Gasteiger partial charge in [-0.1, -0.05) is 13.8 Å². The molecule has 2 aliphatic heterocycles. The number of nitrogens with zero attached hydrogens (tertiary/aromatic N) is 3. The zero-order valence-electron chi connectivity index (χ0n) is 15.7. The maximum absolute atomic E-state index is 5.73. The molecule has 0 spiro atoms. The normalized spacial score (nSPS) is 20.0. The summed E-state index contributed by atoms with van der Waals surface area (Å²) in [5.74, 6) is 1.64. The van der Waals surface area contributed by atoms with E-state index in [1.165, 1.54) is 12.0 Å². The third-order valence-corrected chi connectivity index (χ3v) is 5.52. The molecule has 1 atom stereocenters. The lowest BCUT2D eigenvalue weighted by Gasteiger charge is -2.26. The lowest BCUT2D eigenvalue weighted by Crippen LogP contribution is -2.37. The summed E-state index contributed by atoms with van der Waals surface area (Å²) in [6.07, 6.45) is 3.20. The van der Waals surface area contributed by atoms with E-state index in [-0.39, 0.29) is 0 Å². The smallest absolute Gasteiger partial charge is 0.162 e. The first kappa shape index (κ1) is 17.4. The van der Waals surface area contributed by atoms with Gasteiger partial charge in [0, 0.05) is 36.8 Å². The fraction of sp³-hybridized carbons (Fsp3) is 0.550. The van der Waals surface area contributed by atoms with Gasteiger partial charge in [0.25, 0.3) is 0 Å². The number of hydrogen-bond acceptors (Lipinski definition) is 5. The number of likely N-dealkylation sites (N-methyl/N-ethyl adjacent to an activating group) is 1. The van der Waals surface area contributed by atoms with E-state index in [0.717, 1.165) is 55.5 Å². The van der Waals surface area contributed by atoms with Crippen molar-refractivity contribution in [2.45, 2.75) is 32.9 Å². The number of ether oxygens (including phenoxy) is 2. The van der Waals surface area contributed by atoms with Gasteiger partial charge < -0.3 is 9.47 Å². The van der Waals surface area contributed by atoms with E-state index in [0.29, 0.717) is 19.3 Å². The van der Waals surface area contributed by atoms with Crippen LogP contribution in [0.4, 0.5) is 0 Å². The molecule has 140 valence electrons. The van der Waals surface area contributed by atoms with Gasteiger partial charge in [0.2, 0.25) is 0 Å². The second-order valence-corrected chi connectivity index (χ2v) is 7.03. The molecule has 6 nitrogen and oxygen atoms in total. The first-order valence-corrected chi connectivity index (χ1v) is 9.67. The molecule has 2 aliphatic rings. The molecule has 0 saturated carbocycles. The van der Waals surface area contributed by atoms with Crippen LogP contribution in [0.2, 0.25) is 0 Å². The molecule has 0 bridgehead atoms. The van der Waals surface area contributed by atoms with Crippen molar-refractivity contribution >= 4 is 0 Å². The van der Waals surface area contributed by atoms with Crippen LogP contribution < -0.4 is 9.47 Å². The number of aromatic nitrogens is 2. The van der Waals surface area contributed by atoms with Crippen molar-refractivity contribution in [2.24, 2.45) is 0 Å². The molecule has 1 saturated heterocycles. The number of benzene rings is 1. The Labute approximate surface area is 155 Å². The lowest BCUT2D eigenvalue weighted by molar-refractivity contribution is 0.171. The van der Waals surface area contributed by atoms with Gasteiger partial charge in [-0.25, -0.2) is 0 Å². The van der Waals surface area contributed by atoms with Gasteiger partial charge in [-0.2, -0.15) is 5.10 Å². The first-order chi connectivity index (χ1) is 12.8. The van der Waals surface area contributed by atoms with Crippen LogP contribution in [-0.2, 0) is 6.54 Å². The highest BCUT2D eigenvalue weighted by Crippen LogP contribution is 2.35. The summed E-state index contributed by atoms with van der Waals surface area (Å²) in [5.41, 5.74) is 3.41. The van der Waals surface area contributed by atoms with E-state index in [9.17, 15) is 0 Å². The van der Waals surface area contributed by atoms with Crippen LogP contribution in [0.15, 0.2) is 24.4 Å². The van der Waals surface area contributed by atoms with Crippen LogP contribution in [0.25, 0.3) is 11.3 Å². The monoisotopic (exact) mass is 356 g/mol. The minimum atomic E-state index is 0.604. The average Bonchev–Trinajstić information content (AvgIpc) is 3.33. The zero-order valence-corrected chi connectivity index (χ0v) is 15.7. The number of hydrogen-bond donors (Lipinski definition) is 1. The quantitative estimate of drug-likeness (QED) is 0.863. The molecular weight excluding hydrogens is 328 g/mol. The van der Waals surface area contributed by atoms with Gasteiger partial charge >= 0.3 is 0 Å². The highest BCUT2D eigenvalue weighted by atomic mass is 16.6. The molecule has 0 radical (unpaired) electrons. The highest BCUT2D eigenvalue weighted by molar-refractivity contribution is 5.66. The Kier molecular flexibility index (Phi) is 5.13. The van der Waals surface area contributed by atoms with Gasteiger partial charge in [-0.3, -0.25) is 14.9 Å². The van der Waals surface area contributed by atoms with E-state index in [1.54, 1.807) is 0 Å². The third-order valence-electron chi connectivity index (χ3n) is 5.52. The number of fused-ring (bicyclic) bond motifs is 1. The van der Waals surface area contributed by atoms with Crippen molar-refractivity contribution < 1.29 is 9.47 Å². The summed E-state index contributed by atoms with van der Waals surface area (Å²) in [7, 11) is 0. The zero-order chi connectivity index (χ0) is 17.9. The van der Waals surface area contributed by atoms with E-state index in [4.69, 9.17) is 9.47 Å². The Morgan fingerprint density at radius 3 is 2.81 bits per heavy atom. The van der Waals surface area contributed by atoms with Crippen molar-refractivity contribution in [3.05, 3.63) is 30.0 Å². The molecule has 1 aromatic carbocycles. The van der Waals surface area contributed by atoms with Crippen molar-refractivity contribution in [2.75, 3.05) is 39.4 Å². The van der Waals surface area contributed by atoms with E-state index >= 15 is 0 Å². The fourth-order valence-electron chi connectivity index (χ4n) is 4.11. The molecular formula is C20H28N4O2. The molecule has 26 heavy (non-hydrogen) atoms. The molecule has 0 amide bonds. The summed E-state index contributed by atoms with van der Waals surface area (Å²) >= 11 is 0. The Morgan fingerprint density at radius 1 is 1.19 bits per heavy atom. The summed E-state index contributed by atoms with van der Waals surface area (Å²) < 4.78 is 11.4. The predicted molar refractivity (Wildman–Crippen MR) is 102 cm³/mol. The molecule has 1 N–H and O–H groups in total. The molecule has 3 heterocycles.